The lowest BCUT2D eigenvalue weighted by Gasteiger charge is -2.10. The Labute approximate surface area is 99.2 Å². The molecule has 0 radical (unpaired) electrons. The SMILES string of the molecule is CCNc1ncccc1Cn1ccncc1=O. The highest BCUT2D eigenvalue weighted by molar-refractivity contribution is 5.43. The first kappa shape index (κ1) is 11.3. The van der Waals surface area contributed by atoms with Gasteiger partial charge in [0.1, 0.15) is 5.82 Å². The van der Waals surface area contributed by atoms with Crippen molar-refractivity contribution in [2.45, 2.75) is 13.5 Å². The van der Waals surface area contributed by atoms with E-state index in [1.165, 1.54) is 6.20 Å². The summed E-state index contributed by atoms with van der Waals surface area (Å²) in [7, 11) is 0. The van der Waals surface area contributed by atoms with Crippen LogP contribution in [-0.4, -0.2) is 21.1 Å². The molecule has 2 aromatic heterocycles. The van der Waals surface area contributed by atoms with Gasteiger partial charge in [-0.15, -0.1) is 0 Å². The van der Waals surface area contributed by atoms with Crippen LogP contribution in [0.4, 0.5) is 5.82 Å². The number of hydrogen-bond donors (Lipinski definition) is 1. The Bertz CT molecular complexity index is 550. The third kappa shape index (κ3) is 2.69. The minimum absolute atomic E-state index is 0.112. The highest BCUT2D eigenvalue weighted by atomic mass is 16.1. The van der Waals surface area contributed by atoms with Crippen molar-refractivity contribution in [3.8, 4) is 0 Å². The van der Waals surface area contributed by atoms with Crippen molar-refractivity contribution in [3.05, 3.63) is 52.8 Å². The lowest BCUT2D eigenvalue weighted by Crippen LogP contribution is -2.20. The third-order valence-electron chi connectivity index (χ3n) is 2.38. The van der Waals surface area contributed by atoms with E-state index >= 15 is 0 Å². The Morgan fingerprint density at radius 3 is 3.06 bits per heavy atom. The van der Waals surface area contributed by atoms with Crippen molar-refractivity contribution in [2.75, 3.05) is 11.9 Å². The molecule has 2 rings (SSSR count). The van der Waals surface area contributed by atoms with Crippen LogP contribution in [0, 0.1) is 0 Å². The quantitative estimate of drug-likeness (QED) is 0.855. The van der Waals surface area contributed by atoms with Gasteiger partial charge in [-0.3, -0.25) is 9.78 Å². The van der Waals surface area contributed by atoms with Crippen LogP contribution in [-0.2, 0) is 6.54 Å². The summed E-state index contributed by atoms with van der Waals surface area (Å²) in [5.74, 6) is 0.818. The molecule has 0 spiro atoms. The molecule has 0 atom stereocenters. The van der Waals surface area contributed by atoms with Gasteiger partial charge in [0, 0.05) is 30.7 Å². The van der Waals surface area contributed by atoms with Gasteiger partial charge in [-0.25, -0.2) is 4.98 Å². The number of rotatable bonds is 4. The average molecular weight is 230 g/mol. The molecule has 5 heteroatoms. The second-order valence-electron chi connectivity index (χ2n) is 3.58. The fourth-order valence-corrected chi connectivity index (χ4v) is 1.58. The minimum atomic E-state index is -0.112. The maximum atomic E-state index is 11.6. The summed E-state index contributed by atoms with van der Waals surface area (Å²) in [6.45, 7) is 3.31. The molecule has 5 nitrogen and oxygen atoms in total. The number of anilines is 1. The summed E-state index contributed by atoms with van der Waals surface area (Å²) < 4.78 is 1.60. The van der Waals surface area contributed by atoms with Crippen LogP contribution >= 0.6 is 0 Å². The summed E-state index contributed by atoms with van der Waals surface area (Å²) in [5, 5.41) is 3.17. The molecule has 0 fully saturated rings. The molecule has 0 aliphatic carbocycles. The van der Waals surface area contributed by atoms with Gasteiger partial charge >= 0.3 is 0 Å². The van der Waals surface area contributed by atoms with Crippen LogP contribution in [0.3, 0.4) is 0 Å². The number of pyridine rings is 1. The Hall–Kier alpha value is -2.17. The Balaban J connectivity index is 2.30. The van der Waals surface area contributed by atoms with Crippen LogP contribution in [0.25, 0.3) is 0 Å². The van der Waals surface area contributed by atoms with E-state index in [-0.39, 0.29) is 5.56 Å². The highest BCUT2D eigenvalue weighted by Crippen LogP contribution is 2.11. The van der Waals surface area contributed by atoms with E-state index in [9.17, 15) is 4.79 Å². The topological polar surface area (TPSA) is 59.8 Å². The van der Waals surface area contributed by atoms with Gasteiger partial charge in [0.25, 0.3) is 5.56 Å². The zero-order valence-corrected chi connectivity index (χ0v) is 9.63. The molecule has 0 unspecified atom stereocenters. The molecular formula is C12H14N4O. The van der Waals surface area contributed by atoms with Crippen LogP contribution < -0.4 is 10.9 Å². The lowest BCUT2D eigenvalue weighted by molar-refractivity contribution is 0.746. The van der Waals surface area contributed by atoms with Crippen LogP contribution in [0.2, 0.25) is 0 Å². The number of hydrogen-bond acceptors (Lipinski definition) is 4. The van der Waals surface area contributed by atoms with Crippen molar-refractivity contribution < 1.29 is 0 Å². The predicted octanol–water partition coefficient (Wildman–Crippen LogP) is 1.12. The van der Waals surface area contributed by atoms with Gasteiger partial charge in [-0.05, 0) is 13.0 Å². The molecule has 2 aromatic rings. The maximum absolute atomic E-state index is 11.6. The van der Waals surface area contributed by atoms with Gasteiger partial charge in [-0.1, -0.05) is 6.07 Å². The molecule has 1 N–H and O–H groups in total. The Kier molecular flexibility index (Phi) is 3.49. The number of aromatic nitrogens is 3. The molecule has 0 bridgehead atoms. The second-order valence-corrected chi connectivity index (χ2v) is 3.58. The fraction of sp³-hybridized carbons (Fsp3) is 0.250. The van der Waals surface area contributed by atoms with E-state index in [0.29, 0.717) is 6.54 Å². The molecule has 0 aromatic carbocycles. The largest absolute Gasteiger partial charge is 0.370 e. The summed E-state index contributed by atoms with van der Waals surface area (Å²) in [5.41, 5.74) is 0.876. The zero-order valence-electron chi connectivity index (χ0n) is 9.63. The van der Waals surface area contributed by atoms with E-state index in [2.05, 4.69) is 15.3 Å². The first-order valence-electron chi connectivity index (χ1n) is 5.49. The zero-order chi connectivity index (χ0) is 12.1. The van der Waals surface area contributed by atoms with Crippen molar-refractivity contribution in [1.29, 1.82) is 0 Å². The van der Waals surface area contributed by atoms with Crippen LogP contribution in [0.1, 0.15) is 12.5 Å². The van der Waals surface area contributed by atoms with E-state index in [1.54, 1.807) is 23.2 Å². The molecular weight excluding hydrogens is 216 g/mol. The van der Waals surface area contributed by atoms with Crippen LogP contribution in [0.5, 0.6) is 0 Å². The van der Waals surface area contributed by atoms with Crippen LogP contribution in [0.15, 0.2) is 41.7 Å². The van der Waals surface area contributed by atoms with Gasteiger partial charge in [0.2, 0.25) is 0 Å². The fourth-order valence-electron chi connectivity index (χ4n) is 1.58. The van der Waals surface area contributed by atoms with Crippen molar-refractivity contribution in [1.82, 2.24) is 14.5 Å². The normalized spacial score (nSPS) is 10.2. The second kappa shape index (κ2) is 5.25. The first-order chi connectivity index (χ1) is 8.31. The number of nitrogens with one attached hydrogen (secondary N) is 1. The molecule has 88 valence electrons. The molecule has 0 saturated carbocycles. The number of nitrogens with zero attached hydrogens (tertiary/aromatic N) is 3. The van der Waals surface area contributed by atoms with Gasteiger partial charge in [0.05, 0.1) is 12.7 Å². The van der Waals surface area contributed by atoms with E-state index < -0.39 is 0 Å². The van der Waals surface area contributed by atoms with Gasteiger partial charge in [0.15, 0.2) is 0 Å². The molecule has 0 aliphatic heterocycles. The van der Waals surface area contributed by atoms with Crippen molar-refractivity contribution in [3.63, 3.8) is 0 Å². The first-order valence-corrected chi connectivity index (χ1v) is 5.49. The predicted molar refractivity (Wildman–Crippen MR) is 66.0 cm³/mol. The molecule has 0 saturated heterocycles. The Morgan fingerprint density at radius 2 is 2.29 bits per heavy atom. The van der Waals surface area contributed by atoms with E-state index in [0.717, 1.165) is 17.9 Å². The highest BCUT2D eigenvalue weighted by Gasteiger charge is 2.03. The summed E-state index contributed by atoms with van der Waals surface area (Å²) in [6, 6.07) is 3.82. The molecule has 0 aliphatic rings. The van der Waals surface area contributed by atoms with Crippen molar-refractivity contribution >= 4 is 5.82 Å². The van der Waals surface area contributed by atoms with E-state index in [1.807, 2.05) is 19.1 Å². The van der Waals surface area contributed by atoms with Gasteiger partial charge in [-0.2, -0.15) is 0 Å². The molecule has 2 heterocycles. The van der Waals surface area contributed by atoms with Crippen molar-refractivity contribution in [2.24, 2.45) is 0 Å². The van der Waals surface area contributed by atoms with Gasteiger partial charge < -0.3 is 9.88 Å². The molecule has 0 amide bonds. The average Bonchev–Trinajstić information content (AvgIpc) is 2.35. The standard InChI is InChI=1S/C12H14N4O/c1-2-14-12-10(4-3-5-15-12)9-16-7-6-13-8-11(16)17/h3-8H,2,9H2,1H3,(H,14,15). The minimum Gasteiger partial charge on any atom is -0.370 e. The maximum Gasteiger partial charge on any atom is 0.269 e. The summed E-state index contributed by atoms with van der Waals surface area (Å²) >= 11 is 0. The van der Waals surface area contributed by atoms with E-state index in [4.69, 9.17) is 0 Å². The Morgan fingerprint density at radius 1 is 1.41 bits per heavy atom. The summed E-state index contributed by atoms with van der Waals surface area (Å²) in [4.78, 5) is 19.6. The monoisotopic (exact) mass is 230 g/mol. The third-order valence-corrected chi connectivity index (χ3v) is 2.38. The summed E-state index contributed by atoms with van der Waals surface area (Å²) in [6.07, 6.45) is 6.32. The lowest BCUT2D eigenvalue weighted by atomic mass is 10.2. The molecule has 17 heavy (non-hydrogen) atoms. The smallest absolute Gasteiger partial charge is 0.269 e.